The number of ether oxygens (including phenoxy) is 1. The third-order valence-corrected chi connectivity index (χ3v) is 3.22. The van der Waals surface area contributed by atoms with Gasteiger partial charge in [-0.2, -0.15) is 0 Å². The quantitative estimate of drug-likeness (QED) is 0.678. The lowest BCUT2D eigenvalue weighted by molar-refractivity contribution is -0.138. The van der Waals surface area contributed by atoms with E-state index in [1.165, 1.54) is 19.2 Å². The molecule has 7 heteroatoms. The van der Waals surface area contributed by atoms with E-state index < -0.39 is 11.8 Å². The lowest BCUT2D eigenvalue weighted by Crippen LogP contribution is -2.29. The molecule has 0 aliphatic rings. The van der Waals surface area contributed by atoms with E-state index in [0.29, 0.717) is 0 Å². The summed E-state index contributed by atoms with van der Waals surface area (Å²) in [7, 11) is 1.33. The minimum absolute atomic E-state index is 0.0354. The van der Waals surface area contributed by atoms with E-state index >= 15 is 0 Å². The van der Waals surface area contributed by atoms with Gasteiger partial charge in [-0.15, -0.1) is 0 Å². The number of ketones is 1. The zero-order valence-electron chi connectivity index (χ0n) is 13.1. The average Bonchev–Trinajstić information content (AvgIpc) is 2.49. The summed E-state index contributed by atoms with van der Waals surface area (Å²) in [4.78, 5) is 34.1. The number of Topliss-reactive ketones (excluding diaryl/α,β-unsaturated/α-hetero) is 1. The molecule has 0 aromatic heterocycles. The summed E-state index contributed by atoms with van der Waals surface area (Å²) in [6, 6.07) is 3.88. The number of aliphatic carboxylic acids is 1. The van der Waals surface area contributed by atoms with Gasteiger partial charge in [0.25, 0.3) is 0 Å². The number of carbonyl (C=O) groups is 3. The monoisotopic (exact) mass is 325 g/mol. The Kier molecular flexibility index (Phi) is 7.18. The van der Waals surface area contributed by atoms with Crippen LogP contribution < -0.4 is 10.1 Å². The first-order chi connectivity index (χ1) is 10.8. The Bertz CT molecular complexity index is 588. The van der Waals surface area contributed by atoms with Crippen molar-refractivity contribution in [2.75, 3.05) is 13.7 Å². The lowest BCUT2D eigenvalue weighted by atomic mass is 10.1. The first-order valence-electron chi connectivity index (χ1n) is 7.18. The van der Waals surface area contributed by atoms with Crippen molar-refractivity contribution in [3.05, 3.63) is 29.6 Å². The molecule has 0 spiro atoms. The van der Waals surface area contributed by atoms with Crippen LogP contribution in [0.5, 0.6) is 5.75 Å². The predicted octanol–water partition coefficient (Wildman–Crippen LogP) is 2.02. The molecule has 1 aromatic carbocycles. The van der Waals surface area contributed by atoms with Crippen molar-refractivity contribution in [1.29, 1.82) is 0 Å². The van der Waals surface area contributed by atoms with Crippen LogP contribution in [0.4, 0.5) is 4.39 Å². The molecular weight excluding hydrogens is 305 g/mol. The van der Waals surface area contributed by atoms with Gasteiger partial charge in [-0.25, -0.2) is 4.39 Å². The van der Waals surface area contributed by atoms with Gasteiger partial charge in [-0.1, -0.05) is 6.92 Å². The second-order valence-electron chi connectivity index (χ2n) is 5.28. The maximum Gasteiger partial charge on any atom is 0.303 e. The number of carboxylic acid groups (broad SMARTS) is 1. The van der Waals surface area contributed by atoms with Gasteiger partial charge >= 0.3 is 5.97 Å². The summed E-state index contributed by atoms with van der Waals surface area (Å²) in [5, 5.41) is 11.2. The van der Waals surface area contributed by atoms with E-state index in [2.05, 4.69) is 5.32 Å². The highest BCUT2D eigenvalue weighted by atomic mass is 19.1. The van der Waals surface area contributed by atoms with E-state index in [-0.39, 0.29) is 54.7 Å². The van der Waals surface area contributed by atoms with Gasteiger partial charge in [0.2, 0.25) is 5.91 Å². The maximum atomic E-state index is 13.5. The largest absolute Gasteiger partial charge is 0.494 e. The number of carbonyl (C=O) groups excluding carboxylic acids is 2. The second kappa shape index (κ2) is 8.87. The zero-order valence-corrected chi connectivity index (χ0v) is 13.1. The fourth-order valence-corrected chi connectivity index (χ4v) is 1.96. The lowest BCUT2D eigenvalue weighted by Gasteiger charge is -2.10. The summed E-state index contributed by atoms with van der Waals surface area (Å²) in [6.07, 6.45) is -0.123. The summed E-state index contributed by atoms with van der Waals surface area (Å²) < 4.78 is 18.3. The molecular formula is C16H20FNO5. The Labute approximate surface area is 133 Å². The zero-order chi connectivity index (χ0) is 17.4. The van der Waals surface area contributed by atoms with Crippen LogP contribution in [0.15, 0.2) is 18.2 Å². The fourth-order valence-electron chi connectivity index (χ4n) is 1.96. The Hall–Kier alpha value is -2.44. The van der Waals surface area contributed by atoms with Crippen molar-refractivity contribution in [1.82, 2.24) is 5.32 Å². The van der Waals surface area contributed by atoms with Gasteiger partial charge in [0.15, 0.2) is 17.3 Å². The van der Waals surface area contributed by atoms with Gasteiger partial charge in [-0.05, 0) is 24.1 Å². The smallest absolute Gasteiger partial charge is 0.303 e. The summed E-state index contributed by atoms with van der Waals surface area (Å²) >= 11 is 0. The van der Waals surface area contributed by atoms with Crippen LogP contribution >= 0.6 is 0 Å². The highest BCUT2D eigenvalue weighted by Gasteiger charge is 2.13. The molecule has 6 nitrogen and oxygen atoms in total. The van der Waals surface area contributed by atoms with Crippen molar-refractivity contribution in [2.45, 2.75) is 26.2 Å². The predicted molar refractivity (Wildman–Crippen MR) is 80.9 cm³/mol. The van der Waals surface area contributed by atoms with Crippen molar-refractivity contribution in [3.63, 3.8) is 0 Å². The van der Waals surface area contributed by atoms with Crippen molar-refractivity contribution in [2.24, 2.45) is 5.92 Å². The third kappa shape index (κ3) is 6.46. The van der Waals surface area contributed by atoms with Crippen LogP contribution in [-0.2, 0) is 9.59 Å². The summed E-state index contributed by atoms with van der Waals surface area (Å²) in [5.74, 6) is -2.40. The van der Waals surface area contributed by atoms with Crippen molar-refractivity contribution in [3.8, 4) is 5.75 Å². The van der Waals surface area contributed by atoms with Gasteiger partial charge in [0, 0.05) is 31.4 Å². The molecule has 1 amide bonds. The number of hydrogen-bond acceptors (Lipinski definition) is 4. The molecule has 0 fully saturated rings. The Morgan fingerprint density at radius 2 is 2.00 bits per heavy atom. The van der Waals surface area contributed by atoms with E-state index in [9.17, 15) is 18.8 Å². The Balaban J connectivity index is 2.42. The number of nitrogens with one attached hydrogen (secondary N) is 1. The number of rotatable bonds is 9. The van der Waals surface area contributed by atoms with E-state index in [4.69, 9.17) is 9.84 Å². The van der Waals surface area contributed by atoms with E-state index in [1.54, 1.807) is 6.92 Å². The minimum atomic E-state index is -0.927. The van der Waals surface area contributed by atoms with Gasteiger partial charge in [-0.3, -0.25) is 14.4 Å². The molecule has 126 valence electrons. The first-order valence-corrected chi connectivity index (χ1v) is 7.18. The average molecular weight is 325 g/mol. The minimum Gasteiger partial charge on any atom is -0.494 e. The first kappa shape index (κ1) is 18.6. The number of benzene rings is 1. The molecule has 2 N–H and O–H groups in total. The molecule has 0 heterocycles. The van der Waals surface area contributed by atoms with Crippen LogP contribution in [0.25, 0.3) is 0 Å². The highest BCUT2D eigenvalue weighted by molar-refractivity contribution is 5.98. The second-order valence-corrected chi connectivity index (χ2v) is 5.28. The number of halogens is 1. The normalized spacial score (nSPS) is 11.6. The molecule has 1 rings (SSSR count). The van der Waals surface area contributed by atoms with Crippen LogP contribution in [-0.4, -0.2) is 36.4 Å². The summed E-state index contributed by atoms with van der Waals surface area (Å²) in [6.45, 7) is 1.94. The molecule has 1 atom stereocenters. The number of methoxy groups -OCH3 is 1. The number of carboxylic acids is 1. The van der Waals surface area contributed by atoms with E-state index in [1.807, 2.05) is 0 Å². The topological polar surface area (TPSA) is 92.7 Å². The molecule has 23 heavy (non-hydrogen) atoms. The molecule has 0 radical (unpaired) electrons. The fraction of sp³-hybridized carbons (Fsp3) is 0.438. The molecule has 1 unspecified atom stereocenters. The van der Waals surface area contributed by atoms with Crippen LogP contribution in [0.3, 0.4) is 0 Å². The number of amides is 1. The summed E-state index contributed by atoms with van der Waals surface area (Å²) in [5.41, 5.74) is 0.176. The third-order valence-electron chi connectivity index (χ3n) is 3.22. The number of hydrogen-bond donors (Lipinski definition) is 2. The van der Waals surface area contributed by atoms with Crippen molar-refractivity contribution < 1.29 is 28.6 Å². The Morgan fingerprint density at radius 3 is 2.57 bits per heavy atom. The molecule has 0 saturated heterocycles. The molecule has 0 aliphatic carbocycles. The van der Waals surface area contributed by atoms with Crippen LogP contribution in [0.2, 0.25) is 0 Å². The molecule has 0 bridgehead atoms. The highest BCUT2D eigenvalue weighted by Crippen LogP contribution is 2.18. The van der Waals surface area contributed by atoms with Gasteiger partial charge in [0.1, 0.15) is 0 Å². The molecule has 1 aromatic rings. The SMILES string of the molecule is COc1ccc(C(=O)CCC(=O)NCC(C)CC(=O)O)cc1F. The van der Waals surface area contributed by atoms with Crippen LogP contribution in [0.1, 0.15) is 36.5 Å². The van der Waals surface area contributed by atoms with Crippen molar-refractivity contribution >= 4 is 17.7 Å². The van der Waals surface area contributed by atoms with E-state index in [0.717, 1.165) is 6.07 Å². The molecule has 0 saturated carbocycles. The Morgan fingerprint density at radius 1 is 1.30 bits per heavy atom. The maximum absolute atomic E-state index is 13.5. The standard InChI is InChI=1S/C16H20FNO5/c1-10(7-16(21)22)9-18-15(20)6-4-13(19)11-3-5-14(23-2)12(17)8-11/h3,5,8,10H,4,6-7,9H2,1-2H3,(H,18,20)(H,21,22). The van der Waals surface area contributed by atoms with Gasteiger partial charge in [0.05, 0.1) is 7.11 Å². The van der Waals surface area contributed by atoms with Gasteiger partial charge < -0.3 is 15.2 Å². The molecule has 0 aliphatic heterocycles. The van der Waals surface area contributed by atoms with Crippen LogP contribution in [0, 0.1) is 11.7 Å².